The molecule has 1 heterocycles. The van der Waals surface area contributed by atoms with Crippen molar-refractivity contribution in [3.05, 3.63) is 29.8 Å². The van der Waals surface area contributed by atoms with Crippen LogP contribution in [0.4, 0.5) is 0 Å². The van der Waals surface area contributed by atoms with E-state index in [1.165, 1.54) is 12.1 Å². The Labute approximate surface area is 118 Å². The normalized spacial score (nSPS) is 20.7. The lowest BCUT2D eigenvalue weighted by atomic mass is 10.1. The average Bonchev–Trinajstić information content (AvgIpc) is 2.81. The second-order valence-electron chi connectivity index (χ2n) is 5.05. The molecule has 1 aliphatic heterocycles. The number of primary sulfonamides is 1. The lowest BCUT2D eigenvalue weighted by Gasteiger charge is -2.17. The SMILES string of the molecule is CC(NCC1CCC(=O)N1)c1ccc(S(N)(=O)=O)cc1. The van der Waals surface area contributed by atoms with Crippen molar-refractivity contribution in [1.82, 2.24) is 10.6 Å². The molecule has 110 valence electrons. The Morgan fingerprint density at radius 3 is 2.55 bits per heavy atom. The molecular formula is C13H19N3O3S. The number of carbonyl (C=O) groups excluding carboxylic acids is 1. The fourth-order valence-corrected chi connectivity index (χ4v) is 2.73. The second kappa shape index (κ2) is 5.90. The molecule has 1 amide bonds. The van der Waals surface area contributed by atoms with Crippen molar-refractivity contribution in [3.63, 3.8) is 0 Å². The van der Waals surface area contributed by atoms with Crippen LogP contribution >= 0.6 is 0 Å². The molecule has 0 radical (unpaired) electrons. The van der Waals surface area contributed by atoms with Crippen molar-refractivity contribution in [3.8, 4) is 0 Å². The molecule has 2 unspecified atom stereocenters. The highest BCUT2D eigenvalue weighted by atomic mass is 32.2. The van der Waals surface area contributed by atoms with E-state index in [1.54, 1.807) is 12.1 Å². The minimum Gasteiger partial charge on any atom is -0.352 e. The summed E-state index contributed by atoms with van der Waals surface area (Å²) in [6.07, 6.45) is 1.44. The quantitative estimate of drug-likeness (QED) is 0.725. The van der Waals surface area contributed by atoms with Crippen molar-refractivity contribution in [2.75, 3.05) is 6.54 Å². The third-order valence-corrected chi connectivity index (χ3v) is 4.39. The molecule has 1 aromatic rings. The van der Waals surface area contributed by atoms with Gasteiger partial charge in [-0.05, 0) is 31.0 Å². The zero-order valence-corrected chi connectivity index (χ0v) is 12.1. The fourth-order valence-electron chi connectivity index (χ4n) is 2.21. The molecule has 0 saturated carbocycles. The zero-order chi connectivity index (χ0) is 14.8. The molecule has 0 spiro atoms. The van der Waals surface area contributed by atoms with Crippen LogP contribution in [-0.4, -0.2) is 26.9 Å². The maximum absolute atomic E-state index is 11.2. The fraction of sp³-hybridized carbons (Fsp3) is 0.462. The summed E-state index contributed by atoms with van der Waals surface area (Å²) in [5.41, 5.74) is 0.974. The molecule has 20 heavy (non-hydrogen) atoms. The standard InChI is InChI=1S/C13H19N3O3S/c1-9(15-8-11-4-7-13(17)16-11)10-2-5-12(6-3-10)20(14,18)19/h2-3,5-6,9,11,15H,4,7-8H2,1H3,(H,16,17)(H2,14,18,19). The van der Waals surface area contributed by atoms with Gasteiger partial charge in [-0.3, -0.25) is 4.79 Å². The van der Waals surface area contributed by atoms with Gasteiger partial charge in [0.2, 0.25) is 15.9 Å². The van der Waals surface area contributed by atoms with E-state index >= 15 is 0 Å². The third-order valence-electron chi connectivity index (χ3n) is 3.46. The van der Waals surface area contributed by atoms with E-state index in [4.69, 9.17) is 5.14 Å². The second-order valence-corrected chi connectivity index (χ2v) is 6.61. The summed E-state index contributed by atoms with van der Waals surface area (Å²) in [5, 5.41) is 11.3. The van der Waals surface area contributed by atoms with E-state index in [2.05, 4.69) is 10.6 Å². The van der Waals surface area contributed by atoms with Crippen molar-refractivity contribution in [1.29, 1.82) is 0 Å². The monoisotopic (exact) mass is 297 g/mol. The van der Waals surface area contributed by atoms with Gasteiger partial charge in [0.05, 0.1) is 4.90 Å². The summed E-state index contributed by atoms with van der Waals surface area (Å²) in [6.45, 7) is 2.69. The Kier molecular flexibility index (Phi) is 4.42. The molecule has 1 aromatic carbocycles. The molecule has 0 aromatic heterocycles. The number of hydrogen-bond acceptors (Lipinski definition) is 4. The molecule has 0 aliphatic carbocycles. The van der Waals surface area contributed by atoms with Gasteiger partial charge in [-0.15, -0.1) is 0 Å². The van der Waals surface area contributed by atoms with Gasteiger partial charge in [0.25, 0.3) is 0 Å². The number of carbonyl (C=O) groups is 1. The van der Waals surface area contributed by atoms with Crippen LogP contribution in [0.25, 0.3) is 0 Å². The predicted octanol–water partition coefficient (Wildman–Crippen LogP) is 0.263. The number of sulfonamides is 1. The molecule has 2 rings (SSSR count). The highest BCUT2D eigenvalue weighted by Gasteiger charge is 2.20. The topological polar surface area (TPSA) is 101 Å². The first-order valence-electron chi connectivity index (χ1n) is 6.52. The molecule has 1 saturated heterocycles. The van der Waals surface area contributed by atoms with Crippen LogP contribution in [0.1, 0.15) is 31.4 Å². The summed E-state index contributed by atoms with van der Waals surface area (Å²) in [5.74, 6) is 0.0990. The van der Waals surface area contributed by atoms with Crippen molar-refractivity contribution < 1.29 is 13.2 Å². The molecule has 1 aliphatic rings. The number of nitrogens with two attached hydrogens (primary N) is 1. The van der Waals surface area contributed by atoms with E-state index in [0.717, 1.165) is 12.0 Å². The van der Waals surface area contributed by atoms with Gasteiger partial charge in [-0.1, -0.05) is 12.1 Å². The first-order chi connectivity index (χ1) is 9.36. The van der Waals surface area contributed by atoms with Gasteiger partial charge in [-0.25, -0.2) is 13.6 Å². The largest absolute Gasteiger partial charge is 0.352 e. The number of hydrogen-bond donors (Lipinski definition) is 3. The van der Waals surface area contributed by atoms with Crippen molar-refractivity contribution >= 4 is 15.9 Å². The van der Waals surface area contributed by atoms with Gasteiger partial charge in [0.1, 0.15) is 0 Å². The van der Waals surface area contributed by atoms with Gasteiger partial charge >= 0.3 is 0 Å². The maximum atomic E-state index is 11.2. The van der Waals surface area contributed by atoms with Crippen molar-refractivity contribution in [2.45, 2.75) is 36.7 Å². The number of benzene rings is 1. The Balaban J connectivity index is 1.92. The maximum Gasteiger partial charge on any atom is 0.238 e. The summed E-state index contributed by atoms with van der Waals surface area (Å²) < 4.78 is 22.3. The van der Waals surface area contributed by atoms with Crippen LogP contribution in [0.3, 0.4) is 0 Å². The lowest BCUT2D eigenvalue weighted by Crippen LogP contribution is -2.36. The summed E-state index contributed by atoms with van der Waals surface area (Å²) in [7, 11) is -3.64. The molecule has 4 N–H and O–H groups in total. The van der Waals surface area contributed by atoms with Gasteiger partial charge in [0, 0.05) is 25.0 Å². The van der Waals surface area contributed by atoms with Crippen LogP contribution in [0.15, 0.2) is 29.2 Å². The molecular weight excluding hydrogens is 278 g/mol. The van der Waals surface area contributed by atoms with Gasteiger partial charge in [-0.2, -0.15) is 0 Å². The van der Waals surface area contributed by atoms with Crippen LogP contribution < -0.4 is 15.8 Å². The number of rotatable bonds is 5. The first-order valence-corrected chi connectivity index (χ1v) is 8.06. The number of amides is 1. The van der Waals surface area contributed by atoms with E-state index in [9.17, 15) is 13.2 Å². The Morgan fingerprint density at radius 2 is 2.05 bits per heavy atom. The van der Waals surface area contributed by atoms with Crippen LogP contribution in [0.5, 0.6) is 0 Å². The predicted molar refractivity (Wildman–Crippen MR) is 75.4 cm³/mol. The van der Waals surface area contributed by atoms with E-state index in [1.807, 2.05) is 6.92 Å². The zero-order valence-electron chi connectivity index (χ0n) is 11.3. The average molecular weight is 297 g/mol. The van der Waals surface area contributed by atoms with Crippen molar-refractivity contribution in [2.24, 2.45) is 5.14 Å². The molecule has 7 heteroatoms. The van der Waals surface area contributed by atoms with E-state index < -0.39 is 10.0 Å². The lowest BCUT2D eigenvalue weighted by molar-refractivity contribution is -0.119. The summed E-state index contributed by atoms with van der Waals surface area (Å²) in [6, 6.07) is 6.73. The summed E-state index contributed by atoms with van der Waals surface area (Å²) in [4.78, 5) is 11.2. The van der Waals surface area contributed by atoms with Gasteiger partial charge in [0.15, 0.2) is 0 Å². The molecule has 2 atom stereocenters. The Bertz CT molecular complexity index is 583. The molecule has 0 bridgehead atoms. The smallest absolute Gasteiger partial charge is 0.238 e. The Hall–Kier alpha value is -1.44. The highest BCUT2D eigenvalue weighted by Crippen LogP contribution is 2.16. The highest BCUT2D eigenvalue weighted by molar-refractivity contribution is 7.89. The first kappa shape index (κ1) is 15.0. The van der Waals surface area contributed by atoms with Crippen LogP contribution in [0.2, 0.25) is 0 Å². The van der Waals surface area contributed by atoms with E-state index in [-0.39, 0.29) is 22.9 Å². The minimum atomic E-state index is -3.64. The molecule has 6 nitrogen and oxygen atoms in total. The third kappa shape index (κ3) is 3.78. The summed E-state index contributed by atoms with van der Waals surface area (Å²) >= 11 is 0. The number of nitrogens with one attached hydrogen (secondary N) is 2. The van der Waals surface area contributed by atoms with Crippen LogP contribution in [-0.2, 0) is 14.8 Å². The molecule has 1 fully saturated rings. The van der Waals surface area contributed by atoms with Crippen LogP contribution in [0, 0.1) is 0 Å². The minimum absolute atomic E-state index is 0.0713. The van der Waals surface area contributed by atoms with E-state index in [0.29, 0.717) is 13.0 Å². The van der Waals surface area contributed by atoms with Gasteiger partial charge < -0.3 is 10.6 Å². The Morgan fingerprint density at radius 1 is 1.40 bits per heavy atom.